The van der Waals surface area contributed by atoms with Gasteiger partial charge in [0.2, 0.25) is 19.5 Å². The predicted octanol–water partition coefficient (Wildman–Crippen LogP) is 12.2. The molecule has 0 aromatic carbocycles. The molecule has 0 aromatic heterocycles. The lowest BCUT2D eigenvalue weighted by Gasteiger charge is -2.48. The number of rotatable bonds is 14. The Hall–Kier alpha value is 1.28. The summed E-state index contributed by atoms with van der Waals surface area (Å²) >= 11 is 0. The molecular formula is C36H80O6Si7. The SMILES string of the molecule is CC(C)(C)O[Si](C)(C)C1CCC([Si](C)(C)O[Si](O[Si]C(C)(C)C)(O[Si]C(C)(C)C)O[Si](C)(C)C2CCC([Si](C)(C)OC(C)(C)C)CC2)CC1. The zero-order valence-electron chi connectivity index (χ0n) is 35.9. The summed E-state index contributed by atoms with van der Waals surface area (Å²) in [5.74, 6) is 0. The van der Waals surface area contributed by atoms with E-state index in [1.807, 2.05) is 0 Å². The summed E-state index contributed by atoms with van der Waals surface area (Å²) in [6.45, 7) is 46.1. The van der Waals surface area contributed by atoms with Crippen molar-refractivity contribution >= 4 is 61.8 Å². The van der Waals surface area contributed by atoms with Gasteiger partial charge in [-0.15, -0.1) is 0 Å². The molecule has 0 aliphatic heterocycles. The molecule has 0 bridgehead atoms. The average molecular weight is 806 g/mol. The summed E-state index contributed by atoms with van der Waals surface area (Å²) in [5.41, 5.74) is 2.31. The van der Waals surface area contributed by atoms with Crippen molar-refractivity contribution < 1.29 is 25.3 Å². The van der Waals surface area contributed by atoms with E-state index in [4.69, 9.17) is 25.3 Å². The van der Waals surface area contributed by atoms with Crippen molar-refractivity contribution in [3.8, 4) is 0 Å². The van der Waals surface area contributed by atoms with E-state index < -0.39 is 42.3 Å². The van der Waals surface area contributed by atoms with Crippen LogP contribution in [0, 0.1) is 0 Å². The molecule has 0 amide bonds. The molecular weight excluding hydrogens is 725 g/mol. The van der Waals surface area contributed by atoms with Crippen LogP contribution in [0.15, 0.2) is 0 Å². The standard InChI is InChI=1S/C36H80O6Si7/c1-33(2,3)37-45(13,14)29-21-25-31(26-22-29)47(17,18)41-49(39-43-35(7,8)9,40-44-36(10,11)12)42-48(19,20)32-27-23-30(24-28-32)46(15,16)38-34(4,5)6/h29-32H,21-28H2,1-20H3. The molecule has 0 heterocycles. The Labute approximate surface area is 315 Å². The molecule has 2 saturated carbocycles. The fourth-order valence-corrected chi connectivity index (χ4v) is 31.7. The van der Waals surface area contributed by atoms with Crippen LogP contribution in [0.25, 0.3) is 0 Å². The highest BCUT2D eigenvalue weighted by molar-refractivity contribution is 6.87. The Morgan fingerprint density at radius 3 is 0.816 bits per heavy atom. The van der Waals surface area contributed by atoms with Crippen LogP contribution in [0.1, 0.15) is 134 Å². The molecule has 2 aliphatic rings. The van der Waals surface area contributed by atoms with Crippen LogP contribution in [-0.4, -0.2) is 73.0 Å². The van der Waals surface area contributed by atoms with Crippen molar-refractivity contribution in [1.29, 1.82) is 0 Å². The summed E-state index contributed by atoms with van der Waals surface area (Å²) in [4.78, 5) is 0. The molecule has 0 N–H and O–H groups in total. The van der Waals surface area contributed by atoms with E-state index >= 15 is 0 Å². The second-order valence-corrected chi connectivity index (χ2v) is 45.7. The first-order chi connectivity index (χ1) is 21.7. The maximum absolute atomic E-state index is 7.54. The van der Waals surface area contributed by atoms with Crippen LogP contribution in [0.2, 0.25) is 84.6 Å². The smallest absolute Gasteiger partial charge is 0.412 e. The second kappa shape index (κ2) is 16.6. The minimum absolute atomic E-state index is 0.000773. The molecule has 49 heavy (non-hydrogen) atoms. The van der Waals surface area contributed by atoms with Gasteiger partial charge in [0.15, 0.2) is 33.3 Å². The maximum atomic E-state index is 7.54. The summed E-state index contributed by atoms with van der Waals surface area (Å²) in [6, 6.07) is 0. The first-order valence-electron chi connectivity index (χ1n) is 19.4. The molecule has 0 unspecified atom stereocenters. The van der Waals surface area contributed by atoms with Crippen molar-refractivity contribution in [2.24, 2.45) is 0 Å². The Kier molecular flexibility index (Phi) is 15.7. The zero-order valence-corrected chi connectivity index (χ0v) is 42.9. The van der Waals surface area contributed by atoms with Crippen LogP contribution in [0.5, 0.6) is 0 Å². The fraction of sp³-hybridized carbons (Fsp3) is 1.00. The van der Waals surface area contributed by atoms with Gasteiger partial charge in [-0.2, -0.15) is 0 Å². The molecule has 0 spiro atoms. The predicted molar refractivity (Wildman–Crippen MR) is 225 cm³/mol. The van der Waals surface area contributed by atoms with Gasteiger partial charge in [-0.05, 0) is 126 Å². The highest BCUT2D eigenvalue weighted by atomic mass is 28.5. The highest BCUT2D eigenvalue weighted by Crippen LogP contribution is 2.50. The van der Waals surface area contributed by atoms with Crippen molar-refractivity contribution in [2.45, 2.75) is 230 Å². The lowest BCUT2D eigenvalue weighted by atomic mass is 9.99. The molecule has 0 saturated heterocycles. The van der Waals surface area contributed by atoms with Gasteiger partial charge in [0.25, 0.3) is 0 Å². The maximum Gasteiger partial charge on any atom is 0.636 e. The molecule has 13 heteroatoms. The van der Waals surface area contributed by atoms with Crippen LogP contribution in [-0.2, 0) is 25.3 Å². The molecule has 0 aromatic rings. The van der Waals surface area contributed by atoms with Gasteiger partial charge < -0.3 is 25.3 Å². The largest absolute Gasteiger partial charge is 0.636 e. The molecule has 2 fully saturated rings. The quantitative estimate of drug-likeness (QED) is 0.163. The van der Waals surface area contributed by atoms with Gasteiger partial charge in [-0.25, -0.2) is 0 Å². The minimum Gasteiger partial charge on any atom is -0.412 e. The Morgan fingerprint density at radius 2 is 0.612 bits per heavy atom. The van der Waals surface area contributed by atoms with Gasteiger partial charge in [0.05, 0.1) is 0 Å². The van der Waals surface area contributed by atoms with E-state index in [1.54, 1.807) is 0 Å². The summed E-state index contributed by atoms with van der Waals surface area (Å²) in [5, 5.41) is -0.00155. The second-order valence-electron chi connectivity index (χ2n) is 21.6. The minimum atomic E-state index is -3.51. The van der Waals surface area contributed by atoms with Crippen molar-refractivity contribution in [2.75, 3.05) is 0 Å². The molecule has 0 atom stereocenters. The summed E-state index contributed by atoms with van der Waals surface area (Å²) < 4.78 is 42.6. The Balaban J connectivity index is 2.36. The first kappa shape index (κ1) is 46.4. The van der Waals surface area contributed by atoms with Gasteiger partial charge in [0.1, 0.15) is 0 Å². The van der Waals surface area contributed by atoms with Crippen LogP contribution >= 0.6 is 0 Å². The first-order valence-corrected chi connectivity index (χ1v) is 34.8. The van der Waals surface area contributed by atoms with Crippen LogP contribution in [0.3, 0.4) is 0 Å². The van der Waals surface area contributed by atoms with Gasteiger partial charge in [-0.1, -0.05) is 92.9 Å². The van der Waals surface area contributed by atoms with E-state index in [1.165, 1.54) is 51.4 Å². The summed E-state index contributed by atoms with van der Waals surface area (Å²) in [7, 11) is -11.2. The lowest BCUT2D eigenvalue weighted by molar-refractivity contribution is 0.113. The van der Waals surface area contributed by atoms with E-state index in [9.17, 15) is 0 Å². The van der Waals surface area contributed by atoms with Crippen LogP contribution in [0.4, 0.5) is 0 Å². The van der Waals surface area contributed by atoms with E-state index in [0.717, 1.165) is 0 Å². The molecule has 4 radical (unpaired) electrons. The topological polar surface area (TPSA) is 55.4 Å². The third-order valence-electron chi connectivity index (χ3n) is 10.3. The lowest BCUT2D eigenvalue weighted by Crippen LogP contribution is -2.64. The highest BCUT2D eigenvalue weighted by Gasteiger charge is 2.58. The third-order valence-corrected chi connectivity index (χ3v) is 33.0. The van der Waals surface area contributed by atoms with Gasteiger partial charge in [-0.3, -0.25) is 0 Å². The van der Waals surface area contributed by atoms with E-state index in [0.29, 0.717) is 22.2 Å². The Bertz CT molecular complexity index is 942. The van der Waals surface area contributed by atoms with Crippen molar-refractivity contribution in [3.63, 3.8) is 0 Å². The van der Waals surface area contributed by atoms with Crippen molar-refractivity contribution in [3.05, 3.63) is 0 Å². The zero-order chi connectivity index (χ0) is 38.1. The van der Waals surface area contributed by atoms with Crippen LogP contribution < -0.4 is 0 Å². The average Bonchev–Trinajstić information content (AvgIpc) is 2.87. The molecule has 6 nitrogen and oxygen atoms in total. The normalized spacial score (nSPS) is 24.7. The Morgan fingerprint density at radius 1 is 0.388 bits per heavy atom. The molecule has 288 valence electrons. The molecule has 2 aliphatic carbocycles. The third kappa shape index (κ3) is 15.9. The molecule has 2 rings (SSSR count). The fourth-order valence-electron chi connectivity index (χ4n) is 8.08. The van der Waals surface area contributed by atoms with E-state index in [-0.39, 0.29) is 40.8 Å². The van der Waals surface area contributed by atoms with E-state index in [2.05, 4.69) is 135 Å². The number of hydrogen-bond acceptors (Lipinski definition) is 6. The van der Waals surface area contributed by atoms with Gasteiger partial charge in [0, 0.05) is 11.2 Å². The van der Waals surface area contributed by atoms with Gasteiger partial charge >= 0.3 is 9.05 Å². The summed E-state index contributed by atoms with van der Waals surface area (Å²) in [6.07, 6.45) is 9.70. The number of hydrogen-bond donors (Lipinski definition) is 0. The monoisotopic (exact) mass is 804 g/mol. The van der Waals surface area contributed by atoms with Crippen molar-refractivity contribution in [1.82, 2.24) is 0 Å².